The standard InChI is InChI=1S/C24H20ClN7O/c1-15-20(13-31(2)29-15)22-11-19(18-5-3-4-6-21(18)27-22)23(33)28-24-26-14-32(30-24)12-16-7-9-17(25)10-8-16/h3-11,13-14H,12H2,1-2H3,(H,28,30,33). The van der Waals surface area contributed by atoms with Gasteiger partial charge < -0.3 is 0 Å². The van der Waals surface area contributed by atoms with E-state index in [0.717, 1.165) is 27.7 Å². The molecule has 2 aromatic carbocycles. The quantitative estimate of drug-likeness (QED) is 0.420. The molecule has 8 nitrogen and oxygen atoms in total. The molecule has 3 heterocycles. The molecule has 1 N–H and O–H groups in total. The van der Waals surface area contributed by atoms with Gasteiger partial charge in [-0.25, -0.2) is 14.6 Å². The molecular weight excluding hydrogens is 438 g/mol. The van der Waals surface area contributed by atoms with Crippen molar-refractivity contribution >= 4 is 34.4 Å². The maximum atomic E-state index is 13.2. The Morgan fingerprint density at radius 3 is 2.64 bits per heavy atom. The zero-order valence-electron chi connectivity index (χ0n) is 18.0. The van der Waals surface area contributed by atoms with E-state index in [1.165, 1.54) is 0 Å². The number of carbonyl (C=O) groups is 1. The Hall–Kier alpha value is -4.04. The number of hydrogen-bond donors (Lipinski definition) is 1. The molecule has 0 atom stereocenters. The van der Waals surface area contributed by atoms with Crippen molar-refractivity contribution in [3.63, 3.8) is 0 Å². The molecule has 0 aliphatic rings. The number of halogens is 1. The van der Waals surface area contributed by atoms with Gasteiger partial charge in [-0.15, -0.1) is 5.10 Å². The first-order valence-electron chi connectivity index (χ1n) is 10.3. The average molecular weight is 458 g/mol. The smallest absolute Gasteiger partial charge is 0.258 e. The number of hydrogen-bond acceptors (Lipinski definition) is 5. The number of aryl methyl sites for hydroxylation is 2. The minimum Gasteiger partial charge on any atom is -0.289 e. The first kappa shape index (κ1) is 20.8. The van der Waals surface area contributed by atoms with Crippen LogP contribution in [0.1, 0.15) is 21.6 Å². The van der Waals surface area contributed by atoms with E-state index in [1.807, 2.05) is 68.7 Å². The van der Waals surface area contributed by atoms with Gasteiger partial charge in [0.05, 0.1) is 29.0 Å². The van der Waals surface area contributed by atoms with E-state index in [4.69, 9.17) is 16.6 Å². The van der Waals surface area contributed by atoms with Gasteiger partial charge in [0, 0.05) is 29.2 Å². The lowest BCUT2D eigenvalue weighted by atomic mass is 10.0. The Labute approximate surface area is 194 Å². The van der Waals surface area contributed by atoms with Crippen LogP contribution in [0, 0.1) is 6.92 Å². The minimum atomic E-state index is -0.305. The van der Waals surface area contributed by atoms with Gasteiger partial charge in [-0.3, -0.25) is 14.8 Å². The van der Waals surface area contributed by atoms with E-state index in [9.17, 15) is 4.79 Å². The van der Waals surface area contributed by atoms with Crippen LogP contribution >= 0.6 is 11.6 Å². The second-order valence-electron chi connectivity index (χ2n) is 7.72. The number of benzene rings is 2. The van der Waals surface area contributed by atoms with Crippen molar-refractivity contribution in [3.05, 3.63) is 89.0 Å². The minimum absolute atomic E-state index is 0.231. The van der Waals surface area contributed by atoms with Gasteiger partial charge in [0.1, 0.15) is 6.33 Å². The van der Waals surface area contributed by atoms with Crippen molar-refractivity contribution in [1.82, 2.24) is 29.5 Å². The van der Waals surface area contributed by atoms with E-state index < -0.39 is 0 Å². The molecular formula is C24H20ClN7O. The summed E-state index contributed by atoms with van der Waals surface area (Å²) in [5, 5.41) is 13.0. The Morgan fingerprint density at radius 2 is 1.88 bits per heavy atom. The van der Waals surface area contributed by atoms with Gasteiger partial charge in [0.25, 0.3) is 5.91 Å². The van der Waals surface area contributed by atoms with E-state index in [1.54, 1.807) is 21.8 Å². The predicted octanol–water partition coefficient (Wildman–Crippen LogP) is 4.49. The fraction of sp³-hybridized carbons (Fsp3) is 0.125. The third-order valence-electron chi connectivity index (χ3n) is 5.27. The van der Waals surface area contributed by atoms with Crippen LogP contribution in [0.15, 0.2) is 67.1 Å². The summed E-state index contributed by atoms with van der Waals surface area (Å²) in [5.41, 5.74) is 4.65. The second kappa shape index (κ2) is 8.48. The number of fused-ring (bicyclic) bond motifs is 1. The van der Waals surface area contributed by atoms with Crippen LogP contribution < -0.4 is 5.32 Å². The fourth-order valence-electron chi connectivity index (χ4n) is 3.73. The Kier molecular flexibility index (Phi) is 5.35. The molecule has 0 saturated heterocycles. The van der Waals surface area contributed by atoms with Crippen LogP contribution in [0.4, 0.5) is 5.95 Å². The second-order valence-corrected chi connectivity index (χ2v) is 8.16. The molecule has 0 bridgehead atoms. The summed E-state index contributed by atoms with van der Waals surface area (Å²) >= 11 is 5.94. The first-order chi connectivity index (χ1) is 16.0. The topological polar surface area (TPSA) is 90.5 Å². The van der Waals surface area contributed by atoms with Crippen LogP contribution in [0.2, 0.25) is 5.02 Å². The molecule has 0 fully saturated rings. The van der Waals surface area contributed by atoms with Crippen molar-refractivity contribution in [2.45, 2.75) is 13.5 Å². The largest absolute Gasteiger partial charge is 0.289 e. The maximum absolute atomic E-state index is 13.2. The van der Waals surface area contributed by atoms with Crippen molar-refractivity contribution < 1.29 is 4.79 Å². The highest BCUT2D eigenvalue weighted by atomic mass is 35.5. The number of anilines is 1. The van der Waals surface area contributed by atoms with Crippen molar-refractivity contribution in [3.8, 4) is 11.3 Å². The molecule has 0 aliphatic carbocycles. The third-order valence-corrected chi connectivity index (χ3v) is 5.52. The number of aromatic nitrogens is 6. The summed E-state index contributed by atoms with van der Waals surface area (Å²) in [5.74, 6) is -0.0744. The molecule has 0 saturated carbocycles. The van der Waals surface area contributed by atoms with Gasteiger partial charge >= 0.3 is 0 Å². The zero-order chi connectivity index (χ0) is 22.9. The molecule has 0 unspecified atom stereocenters. The Morgan fingerprint density at radius 1 is 1.09 bits per heavy atom. The lowest BCUT2D eigenvalue weighted by Crippen LogP contribution is -2.14. The van der Waals surface area contributed by atoms with Gasteiger partial charge in [0.2, 0.25) is 5.95 Å². The Bertz CT molecular complexity index is 1470. The van der Waals surface area contributed by atoms with E-state index in [2.05, 4.69) is 20.5 Å². The summed E-state index contributed by atoms with van der Waals surface area (Å²) in [4.78, 5) is 22.2. The van der Waals surface area contributed by atoms with Gasteiger partial charge in [-0.2, -0.15) is 5.10 Å². The highest BCUT2D eigenvalue weighted by Gasteiger charge is 2.17. The van der Waals surface area contributed by atoms with Gasteiger partial charge in [-0.1, -0.05) is 41.9 Å². The summed E-state index contributed by atoms with van der Waals surface area (Å²) in [7, 11) is 1.86. The van der Waals surface area contributed by atoms with Crippen molar-refractivity contribution in [2.24, 2.45) is 7.05 Å². The fourth-order valence-corrected chi connectivity index (χ4v) is 3.85. The average Bonchev–Trinajstić information content (AvgIpc) is 3.39. The molecule has 0 spiro atoms. The van der Waals surface area contributed by atoms with Crippen LogP contribution in [0.25, 0.3) is 22.2 Å². The molecule has 5 rings (SSSR count). The van der Waals surface area contributed by atoms with Gasteiger partial charge in [-0.05, 0) is 36.8 Å². The highest BCUT2D eigenvalue weighted by Crippen LogP contribution is 2.27. The molecule has 0 aliphatic heterocycles. The number of para-hydroxylation sites is 1. The number of amides is 1. The number of nitrogens with one attached hydrogen (secondary N) is 1. The number of carbonyl (C=O) groups excluding carboxylic acids is 1. The number of rotatable bonds is 5. The molecule has 9 heteroatoms. The number of nitrogens with zero attached hydrogens (tertiary/aromatic N) is 6. The molecule has 3 aromatic heterocycles. The predicted molar refractivity (Wildman–Crippen MR) is 127 cm³/mol. The van der Waals surface area contributed by atoms with E-state index >= 15 is 0 Å². The number of pyridine rings is 1. The Balaban J connectivity index is 1.44. The zero-order valence-corrected chi connectivity index (χ0v) is 18.8. The maximum Gasteiger partial charge on any atom is 0.258 e. The summed E-state index contributed by atoms with van der Waals surface area (Å²) in [6.45, 7) is 2.44. The normalized spacial score (nSPS) is 11.1. The van der Waals surface area contributed by atoms with Crippen LogP contribution in [-0.2, 0) is 13.6 Å². The lowest BCUT2D eigenvalue weighted by Gasteiger charge is -2.09. The molecule has 164 valence electrons. The third kappa shape index (κ3) is 4.33. The molecule has 0 radical (unpaired) electrons. The summed E-state index contributed by atoms with van der Waals surface area (Å²) < 4.78 is 3.40. The summed E-state index contributed by atoms with van der Waals surface area (Å²) in [6, 6.07) is 16.8. The molecule has 33 heavy (non-hydrogen) atoms. The summed E-state index contributed by atoms with van der Waals surface area (Å²) in [6.07, 6.45) is 3.48. The van der Waals surface area contributed by atoms with Crippen molar-refractivity contribution in [2.75, 3.05) is 5.32 Å². The highest BCUT2D eigenvalue weighted by molar-refractivity contribution is 6.30. The SMILES string of the molecule is Cc1nn(C)cc1-c1cc(C(=O)Nc2ncn(Cc3ccc(Cl)cc3)n2)c2ccccc2n1. The van der Waals surface area contributed by atoms with Crippen molar-refractivity contribution in [1.29, 1.82) is 0 Å². The monoisotopic (exact) mass is 457 g/mol. The lowest BCUT2D eigenvalue weighted by molar-refractivity contribution is 0.102. The van der Waals surface area contributed by atoms with E-state index in [-0.39, 0.29) is 11.9 Å². The van der Waals surface area contributed by atoms with Crippen LogP contribution in [0.3, 0.4) is 0 Å². The van der Waals surface area contributed by atoms with Crippen LogP contribution in [0.5, 0.6) is 0 Å². The van der Waals surface area contributed by atoms with E-state index in [0.29, 0.717) is 22.8 Å². The van der Waals surface area contributed by atoms with Gasteiger partial charge in [0.15, 0.2) is 0 Å². The molecule has 1 amide bonds. The first-order valence-corrected chi connectivity index (χ1v) is 10.7. The molecule has 5 aromatic rings. The van der Waals surface area contributed by atoms with Crippen LogP contribution in [-0.4, -0.2) is 35.4 Å².